The van der Waals surface area contributed by atoms with Crippen LogP contribution < -0.4 is 15.5 Å². The number of likely N-dealkylation sites (N-methyl/N-ethyl adjacent to an activating group) is 1. The predicted molar refractivity (Wildman–Crippen MR) is 122 cm³/mol. The standard InChI is InChI=1S/C24H32N4O2/c1-16-8-6-9-17(2)22(16)26-24(30)23(29)25-15-21(27(3)4)19-11-12-20-18(14-19)10-7-13-28(20)5/h6,8-9,11-12,14,21H,7,10,13,15H2,1-5H3,(H,25,29)(H,26,30)/t21-/m1/s1. The molecule has 0 bridgehead atoms. The van der Waals surface area contributed by atoms with E-state index < -0.39 is 11.8 Å². The maximum Gasteiger partial charge on any atom is 0.313 e. The van der Waals surface area contributed by atoms with Gasteiger partial charge in [0.1, 0.15) is 0 Å². The molecule has 0 aromatic heterocycles. The minimum absolute atomic E-state index is 0.0144. The molecule has 2 aromatic rings. The number of fused-ring (bicyclic) bond motifs is 1. The molecule has 0 aliphatic carbocycles. The number of carbonyl (C=O) groups excluding carboxylic acids is 2. The van der Waals surface area contributed by atoms with Crippen molar-refractivity contribution < 1.29 is 9.59 Å². The van der Waals surface area contributed by atoms with Crippen molar-refractivity contribution in [1.82, 2.24) is 10.2 Å². The van der Waals surface area contributed by atoms with Crippen molar-refractivity contribution in [1.29, 1.82) is 0 Å². The molecule has 0 fully saturated rings. The summed E-state index contributed by atoms with van der Waals surface area (Å²) in [7, 11) is 6.09. The summed E-state index contributed by atoms with van der Waals surface area (Å²) in [6.45, 7) is 5.27. The zero-order valence-electron chi connectivity index (χ0n) is 18.6. The van der Waals surface area contributed by atoms with Gasteiger partial charge in [-0.1, -0.05) is 30.3 Å². The van der Waals surface area contributed by atoms with Gasteiger partial charge in [0.25, 0.3) is 0 Å². The number of aryl methyl sites for hydroxylation is 3. The van der Waals surface area contributed by atoms with E-state index in [1.165, 1.54) is 11.3 Å². The average molecular weight is 409 g/mol. The molecule has 0 unspecified atom stereocenters. The molecule has 2 N–H and O–H groups in total. The highest BCUT2D eigenvalue weighted by atomic mass is 16.2. The van der Waals surface area contributed by atoms with Gasteiger partial charge in [-0.25, -0.2) is 0 Å². The van der Waals surface area contributed by atoms with Gasteiger partial charge in [0.2, 0.25) is 0 Å². The first-order valence-electron chi connectivity index (χ1n) is 10.4. The number of hydrogen-bond donors (Lipinski definition) is 2. The van der Waals surface area contributed by atoms with E-state index in [4.69, 9.17) is 0 Å². The van der Waals surface area contributed by atoms with Crippen LogP contribution >= 0.6 is 0 Å². The minimum atomic E-state index is -0.642. The molecular weight excluding hydrogens is 376 g/mol. The third kappa shape index (κ3) is 4.82. The molecule has 3 rings (SSSR count). The average Bonchev–Trinajstić information content (AvgIpc) is 2.70. The molecule has 6 heteroatoms. The van der Waals surface area contributed by atoms with Crippen molar-refractivity contribution in [3.05, 3.63) is 58.7 Å². The fourth-order valence-electron chi connectivity index (χ4n) is 4.06. The van der Waals surface area contributed by atoms with Crippen LogP contribution in [-0.4, -0.2) is 50.9 Å². The Kier molecular flexibility index (Phi) is 6.77. The summed E-state index contributed by atoms with van der Waals surface area (Å²) in [5.74, 6) is -1.26. The highest BCUT2D eigenvalue weighted by Crippen LogP contribution is 2.30. The maximum atomic E-state index is 12.5. The van der Waals surface area contributed by atoms with Crippen molar-refractivity contribution >= 4 is 23.2 Å². The Hall–Kier alpha value is -2.86. The van der Waals surface area contributed by atoms with Crippen LogP contribution in [-0.2, 0) is 16.0 Å². The molecular formula is C24H32N4O2. The summed E-state index contributed by atoms with van der Waals surface area (Å²) < 4.78 is 0. The molecule has 1 aliphatic heterocycles. The highest BCUT2D eigenvalue weighted by molar-refractivity contribution is 6.39. The normalized spacial score (nSPS) is 14.3. The number of rotatable bonds is 5. The Balaban J connectivity index is 1.67. The van der Waals surface area contributed by atoms with Crippen LogP contribution in [0.15, 0.2) is 36.4 Å². The van der Waals surface area contributed by atoms with Crippen LogP contribution in [0.4, 0.5) is 11.4 Å². The van der Waals surface area contributed by atoms with E-state index >= 15 is 0 Å². The van der Waals surface area contributed by atoms with E-state index in [9.17, 15) is 9.59 Å². The topological polar surface area (TPSA) is 64.7 Å². The summed E-state index contributed by atoms with van der Waals surface area (Å²) in [5, 5.41) is 5.55. The summed E-state index contributed by atoms with van der Waals surface area (Å²) in [6, 6.07) is 12.3. The van der Waals surface area contributed by atoms with Crippen molar-refractivity contribution in [2.45, 2.75) is 32.7 Å². The zero-order valence-corrected chi connectivity index (χ0v) is 18.6. The van der Waals surface area contributed by atoms with Crippen molar-refractivity contribution in [3.8, 4) is 0 Å². The lowest BCUT2D eigenvalue weighted by Crippen LogP contribution is -2.40. The molecule has 0 saturated carbocycles. The van der Waals surface area contributed by atoms with Gasteiger partial charge in [-0.15, -0.1) is 0 Å². The van der Waals surface area contributed by atoms with E-state index in [0.717, 1.165) is 36.1 Å². The van der Waals surface area contributed by atoms with Gasteiger partial charge >= 0.3 is 11.8 Å². The van der Waals surface area contributed by atoms with E-state index in [0.29, 0.717) is 12.2 Å². The fourth-order valence-corrected chi connectivity index (χ4v) is 4.06. The number of anilines is 2. The van der Waals surface area contributed by atoms with E-state index in [-0.39, 0.29) is 6.04 Å². The lowest BCUT2D eigenvalue weighted by Gasteiger charge is -2.30. The second kappa shape index (κ2) is 9.30. The van der Waals surface area contributed by atoms with Gasteiger partial charge in [0, 0.05) is 31.5 Å². The summed E-state index contributed by atoms with van der Waals surface area (Å²) in [4.78, 5) is 29.2. The second-order valence-corrected chi connectivity index (χ2v) is 8.32. The second-order valence-electron chi connectivity index (χ2n) is 8.32. The van der Waals surface area contributed by atoms with E-state index in [2.05, 4.69) is 45.7 Å². The van der Waals surface area contributed by atoms with Gasteiger partial charge in [-0.3, -0.25) is 9.59 Å². The number of para-hydroxylation sites is 1. The SMILES string of the molecule is Cc1cccc(C)c1NC(=O)C(=O)NC[C@H](c1ccc2c(c1)CCCN2C)N(C)C. The van der Waals surface area contributed by atoms with Crippen LogP contribution in [0.1, 0.15) is 34.7 Å². The summed E-state index contributed by atoms with van der Waals surface area (Å²) >= 11 is 0. The molecule has 0 saturated heterocycles. The zero-order chi connectivity index (χ0) is 21.8. The van der Waals surface area contributed by atoms with E-state index in [1.807, 2.05) is 46.1 Å². The lowest BCUT2D eigenvalue weighted by atomic mass is 9.96. The van der Waals surface area contributed by atoms with Crippen molar-refractivity contribution in [2.24, 2.45) is 0 Å². The smallest absolute Gasteiger partial charge is 0.313 e. The van der Waals surface area contributed by atoms with Crippen molar-refractivity contribution in [2.75, 3.05) is 44.4 Å². The molecule has 1 heterocycles. The lowest BCUT2D eigenvalue weighted by molar-refractivity contribution is -0.136. The molecule has 1 atom stereocenters. The molecule has 160 valence electrons. The number of nitrogens with one attached hydrogen (secondary N) is 2. The molecule has 2 aromatic carbocycles. The summed E-state index contributed by atoms with van der Waals surface area (Å²) in [5.41, 5.74) is 6.32. The van der Waals surface area contributed by atoms with Crippen LogP contribution in [0.25, 0.3) is 0 Å². The molecule has 0 spiro atoms. The predicted octanol–water partition coefficient (Wildman–Crippen LogP) is 3.04. The fraction of sp³-hybridized carbons (Fsp3) is 0.417. The van der Waals surface area contributed by atoms with Crippen LogP contribution in [0.5, 0.6) is 0 Å². The third-order valence-electron chi connectivity index (χ3n) is 5.84. The van der Waals surface area contributed by atoms with Gasteiger partial charge in [0.15, 0.2) is 0 Å². The quantitative estimate of drug-likeness (QED) is 0.747. The molecule has 6 nitrogen and oxygen atoms in total. The maximum absolute atomic E-state index is 12.5. The Labute approximate surface area is 179 Å². The molecule has 30 heavy (non-hydrogen) atoms. The van der Waals surface area contributed by atoms with Gasteiger partial charge in [0.05, 0.1) is 6.04 Å². The number of benzene rings is 2. The Bertz CT molecular complexity index is 919. The minimum Gasteiger partial charge on any atom is -0.374 e. The summed E-state index contributed by atoms with van der Waals surface area (Å²) in [6.07, 6.45) is 2.22. The van der Waals surface area contributed by atoms with Gasteiger partial charge in [-0.2, -0.15) is 0 Å². The van der Waals surface area contributed by atoms with Crippen LogP contribution in [0, 0.1) is 13.8 Å². The van der Waals surface area contributed by atoms with Crippen molar-refractivity contribution in [3.63, 3.8) is 0 Å². The Morgan fingerprint density at radius 1 is 1.10 bits per heavy atom. The van der Waals surface area contributed by atoms with Crippen LogP contribution in [0.2, 0.25) is 0 Å². The first-order valence-corrected chi connectivity index (χ1v) is 10.4. The Morgan fingerprint density at radius 2 is 1.80 bits per heavy atom. The third-order valence-corrected chi connectivity index (χ3v) is 5.84. The van der Waals surface area contributed by atoms with E-state index in [1.54, 1.807) is 0 Å². The Morgan fingerprint density at radius 3 is 2.47 bits per heavy atom. The van der Waals surface area contributed by atoms with Crippen LogP contribution in [0.3, 0.4) is 0 Å². The number of amides is 2. The number of carbonyl (C=O) groups is 2. The number of nitrogens with zero attached hydrogens (tertiary/aromatic N) is 2. The first kappa shape index (κ1) is 21.8. The molecule has 1 aliphatic rings. The monoisotopic (exact) mass is 408 g/mol. The number of hydrogen-bond acceptors (Lipinski definition) is 4. The molecule has 0 radical (unpaired) electrons. The van der Waals surface area contributed by atoms with Gasteiger partial charge in [-0.05, 0) is 69.1 Å². The first-order chi connectivity index (χ1) is 14.3. The largest absolute Gasteiger partial charge is 0.374 e. The molecule has 2 amide bonds. The highest BCUT2D eigenvalue weighted by Gasteiger charge is 2.22. The van der Waals surface area contributed by atoms with Gasteiger partial charge < -0.3 is 20.4 Å².